The lowest BCUT2D eigenvalue weighted by molar-refractivity contribution is -0.192. The van der Waals surface area contributed by atoms with E-state index in [0.717, 1.165) is 45.0 Å². The highest BCUT2D eigenvalue weighted by Crippen LogP contribution is 2.22. The number of aliphatic carboxylic acids is 1. The fourth-order valence-corrected chi connectivity index (χ4v) is 2.92. The Morgan fingerprint density at radius 3 is 2.48 bits per heavy atom. The van der Waals surface area contributed by atoms with Gasteiger partial charge in [0.2, 0.25) is 0 Å². The van der Waals surface area contributed by atoms with Crippen LogP contribution in [-0.4, -0.2) is 78.9 Å². The molecule has 0 aliphatic carbocycles. The first-order chi connectivity index (χ1) is 12.8. The predicted molar refractivity (Wildman–Crippen MR) is 89.4 cm³/mol. The third-order valence-electron chi connectivity index (χ3n) is 4.30. The van der Waals surface area contributed by atoms with E-state index in [2.05, 4.69) is 10.2 Å². The SMILES string of the molecule is O=C(O)C(F)(F)F.Oc1ccccc1CN1CCOC[C@@H]1[C@H]1COCCN1. The van der Waals surface area contributed by atoms with Gasteiger partial charge in [-0.2, -0.15) is 13.2 Å². The van der Waals surface area contributed by atoms with Crippen molar-refractivity contribution in [3.8, 4) is 5.75 Å². The normalized spacial score (nSPS) is 24.0. The second kappa shape index (κ2) is 9.88. The number of carboxylic acid groups (broad SMARTS) is 1. The van der Waals surface area contributed by atoms with Gasteiger partial charge in [-0.25, -0.2) is 4.79 Å². The summed E-state index contributed by atoms with van der Waals surface area (Å²) < 4.78 is 42.9. The number of alkyl halides is 3. The van der Waals surface area contributed by atoms with Crippen molar-refractivity contribution in [2.24, 2.45) is 0 Å². The number of ether oxygens (including phenoxy) is 2. The van der Waals surface area contributed by atoms with Crippen LogP contribution < -0.4 is 5.32 Å². The Kier molecular flexibility index (Phi) is 7.84. The van der Waals surface area contributed by atoms with Gasteiger partial charge in [0.1, 0.15) is 5.75 Å². The van der Waals surface area contributed by atoms with E-state index >= 15 is 0 Å². The maximum Gasteiger partial charge on any atom is 0.490 e. The molecule has 2 atom stereocenters. The second-order valence-corrected chi connectivity index (χ2v) is 6.18. The van der Waals surface area contributed by atoms with E-state index in [4.69, 9.17) is 19.4 Å². The molecule has 3 rings (SSSR count). The van der Waals surface area contributed by atoms with E-state index in [-0.39, 0.29) is 0 Å². The third-order valence-corrected chi connectivity index (χ3v) is 4.30. The molecule has 2 aliphatic rings. The number of rotatable bonds is 3. The van der Waals surface area contributed by atoms with Crippen LogP contribution in [0.4, 0.5) is 13.2 Å². The molecule has 1 aromatic rings. The molecule has 0 unspecified atom stereocenters. The minimum Gasteiger partial charge on any atom is -0.508 e. The van der Waals surface area contributed by atoms with Gasteiger partial charge < -0.3 is 25.0 Å². The highest BCUT2D eigenvalue weighted by atomic mass is 19.4. The fraction of sp³-hybridized carbons (Fsp3) is 0.588. The Labute approximate surface area is 154 Å². The van der Waals surface area contributed by atoms with Crippen molar-refractivity contribution in [2.75, 3.05) is 39.5 Å². The summed E-state index contributed by atoms with van der Waals surface area (Å²) in [6, 6.07) is 8.14. The van der Waals surface area contributed by atoms with Crippen molar-refractivity contribution >= 4 is 5.97 Å². The molecule has 0 spiro atoms. The maximum absolute atomic E-state index is 10.6. The number of halogens is 3. The standard InChI is InChI=1S/C15H22N2O3.C2HF3O2/c18-15-4-2-1-3-12(15)9-17-6-8-20-11-14(17)13-10-19-7-5-16-13;3-2(4,5)1(6)7/h1-4,13-14,16,18H,5-11H2;(H,6,7)/t13-,14-;/m1./s1. The molecule has 2 aliphatic heterocycles. The molecular weight excluding hydrogens is 369 g/mol. The Balaban J connectivity index is 0.000000321. The molecule has 0 radical (unpaired) electrons. The molecule has 0 bridgehead atoms. The number of benzene rings is 1. The average molecular weight is 392 g/mol. The van der Waals surface area contributed by atoms with E-state index in [0.29, 0.717) is 24.4 Å². The number of morpholine rings is 2. The summed E-state index contributed by atoms with van der Waals surface area (Å²) in [5.74, 6) is -2.39. The van der Waals surface area contributed by atoms with Gasteiger partial charge in [0, 0.05) is 31.2 Å². The maximum atomic E-state index is 10.6. The molecule has 10 heteroatoms. The Morgan fingerprint density at radius 1 is 1.22 bits per heavy atom. The van der Waals surface area contributed by atoms with E-state index in [1.165, 1.54) is 0 Å². The lowest BCUT2D eigenvalue weighted by atomic mass is 10.0. The van der Waals surface area contributed by atoms with E-state index in [9.17, 15) is 18.3 Å². The number of phenolic OH excluding ortho intramolecular Hbond substituents is 1. The number of phenols is 1. The van der Waals surface area contributed by atoms with Gasteiger partial charge in [0.15, 0.2) is 0 Å². The fourth-order valence-electron chi connectivity index (χ4n) is 2.92. The average Bonchev–Trinajstić information content (AvgIpc) is 2.64. The van der Waals surface area contributed by atoms with Crippen LogP contribution in [0.1, 0.15) is 5.56 Å². The smallest absolute Gasteiger partial charge is 0.490 e. The molecular formula is C17H23F3N2O5. The number of carboxylic acids is 1. The molecule has 2 saturated heterocycles. The first-order valence-electron chi connectivity index (χ1n) is 8.49. The van der Waals surface area contributed by atoms with E-state index in [1.807, 2.05) is 18.2 Å². The monoisotopic (exact) mass is 392 g/mol. The topological polar surface area (TPSA) is 91.3 Å². The van der Waals surface area contributed by atoms with Gasteiger partial charge in [0.05, 0.1) is 32.5 Å². The number of carbonyl (C=O) groups is 1. The minimum atomic E-state index is -5.08. The van der Waals surface area contributed by atoms with Crippen molar-refractivity contribution in [3.63, 3.8) is 0 Å². The second-order valence-electron chi connectivity index (χ2n) is 6.18. The lowest BCUT2D eigenvalue weighted by Crippen LogP contribution is -2.59. The van der Waals surface area contributed by atoms with Crippen molar-refractivity contribution in [1.29, 1.82) is 0 Å². The summed E-state index contributed by atoms with van der Waals surface area (Å²) in [6.07, 6.45) is -5.08. The number of nitrogens with zero attached hydrogens (tertiary/aromatic N) is 1. The highest BCUT2D eigenvalue weighted by Gasteiger charge is 2.38. The quantitative estimate of drug-likeness (QED) is 0.712. The number of nitrogens with one attached hydrogen (secondary N) is 1. The van der Waals surface area contributed by atoms with Gasteiger partial charge in [-0.1, -0.05) is 18.2 Å². The summed E-state index contributed by atoms with van der Waals surface area (Å²) in [7, 11) is 0. The van der Waals surface area contributed by atoms with Crippen LogP contribution in [0.5, 0.6) is 5.75 Å². The van der Waals surface area contributed by atoms with E-state index in [1.54, 1.807) is 6.07 Å². The zero-order chi connectivity index (χ0) is 19.9. The Morgan fingerprint density at radius 2 is 1.89 bits per heavy atom. The summed E-state index contributed by atoms with van der Waals surface area (Å²) in [4.78, 5) is 11.3. The van der Waals surface area contributed by atoms with Crippen LogP contribution in [0.3, 0.4) is 0 Å². The first kappa shape index (κ1) is 21.4. The van der Waals surface area contributed by atoms with Crippen molar-refractivity contribution in [2.45, 2.75) is 24.8 Å². The zero-order valence-electron chi connectivity index (χ0n) is 14.6. The van der Waals surface area contributed by atoms with Gasteiger partial charge >= 0.3 is 12.1 Å². The van der Waals surface area contributed by atoms with Crippen LogP contribution in [0, 0.1) is 0 Å². The summed E-state index contributed by atoms with van der Waals surface area (Å²) in [6.45, 7) is 5.50. The first-order valence-corrected chi connectivity index (χ1v) is 8.49. The molecule has 1 aromatic carbocycles. The van der Waals surface area contributed by atoms with Crippen molar-refractivity contribution in [3.05, 3.63) is 29.8 Å². The van der Waals surface area contributed by atoms with Crippen LogP contribution in [0.2, 0.25) is 0 Å². The zero-order valence-corrected chi connectivity index (χ0v) is 14.6. The van der Waals surface area contributed by atoms with Crippen molar-refractivity contribution in [1.82, 2.24) is 10.2 Å². The Bertz CT molecular complexity index is 608. The molecule has 2 fully saturated rings. The highest BCUT2D eigenvalue weighted by molar-refractivity contribution is 5.73. The third kappa shape index (κ3) is 6.65. The summed E-state index contributed by atoms with van der Waals surface area (Å²) >= 11 is 0. The van der Waals surface area contributed by atoms with Crippen LogP contribution in [0.25, 0.3) is 0 Å². The van der Waals surface area contributed by atoms with E-state index < -0.39 is 12.1 Å². The van der Waals surface area contributed by atoms with Crippen LogP contribution in [0.15, 0.2) is 24.3 Å². The molecule has 7 nitrogen and oxygen atoms in total. The van der Waals surface area contributed by atoms with Crippen LogP contribution >= 0.6 is 0 Å². The largest absolute Gasteiger partial charge is 0.508 e. The molecule has 3 N–H and O–H groups in total. The molecule has 27 heavy (non-hydrogen) atoms. The van der Waals surface area contributed by atoms with Crippen molar-refractivity contribution < 1.29 is 37.7 Å². The molecule has 0 amide bonds. The Hall–Kier alpha value is -1.88. The number of hydrogen-bond donors (Lipinski definition) is 3. The molecule has 2 heterocycles. The summed E-state index contributed by atoms with van der Waals surface area (Å²) in [5.41, 5.74) is 0.969. The molecule has 0 saturated carbocycles. The number of para-hydroxylation sites is 1. The summed E-state index contributed by atoms with van der Waals surface area (Å²) in [5, 5.41) is 20.6. The van der Waals surface area contributed by atoms with Gasteiger partial charge in [-0.3, -0.25) is 4.90 Å². The number of hydrogen-bond acceptors (Lipinski definition) is 6. The number of aromatic hydroxyl groups is 1. The lowest BCUT2D eigenvalue weighted by Gasteiger charge is -2.41. The van der Waals surface area contributed by atoms with Gasteiger partial charge in [0.25, 0.3) is 0 Å². The molecule has 0 aromatic heterocycles. The molecule has 152 valence electrons. The van der Waals surface area contributed by atoms with Gasteiger partial charge in [-0.05, 0) is 6.07 Å². The predicted octanol–water partition coefficient (Wildman–Crippen LogP) is 1.21. The minimum absolute atomic E-state index is 0.295. The van der Waals surface area contributed by atoms with Gasteiger partial charge in [-0.15, -0.1) is 0 Å². The van der Waals surface area contributed by atoms with Crippen LogP contribution in [-0.2, 0) is 20.8 Å².